The SMILES string of the molecule is COc1ccccc1CNC(=O)c1cnccc1C(=O)N[C@@H](C(=O)NCc1ccccc1OC)C(C)C. The maximum atomic E-state index is 13.2. The van der Waals surface area contributed by atoms with Crippen molar-refractivity contribution in [3.8, 4) is 11.5 Å². The van der Waals surface area contributed by atoms with E-state index in [1.807, 2.05) is 56.3 Å². The van der Waals surface area contributed by atoms with Crippen LogP contribution in [0.2, 0.25) is 0 Å². The highest BCUT2D eigenvalue weighted by molar-refractivity contribution is 6.07. The molecule has 9 nitrogen and oxygen atoms in total. The first kappa shape index (κ1) is 27.2. The molecule has 0 radical (unpaired) electrons. The summed E-state index contributed by atoms with van der Waals surface area (Å²) in [4.78, 5) is 43.2. The molecule has 9 heteroatoms. The number of hydrogen-bond acceptors (Lipinski definition) is 6. The number of ether oxygens (including phenoxy) is 2. The van der Waals surface area contributed by atoms with E-state index in [9.17, 15) is 14.4 Å². The van der Waals surface area contributed by atoms with Crippen LogP contribution in [0.15, 0.2) is 67.0 Å². The van der Waals surface area contributed by atoms with E-state index in [0.29, 0.717) is 11.5 Å². The fraction of sp³-hybridized carbons (Fsp3) is 0.286. The van der Waals surface area contributed by atoms with Crippen LogP contribution >= 0.6 is 0 Å². The minimum Gasteiger partial charge on any atom is -0.496 e. The highest BCUT2D eigenvalue weighted by Crippen LogP contribution is 2.18. The fourth-order valence-electron chi connectivity index (χ4n) is 3.79. The number of amides is 3. The van der Waals surface area contributed by atoms with Gasteiger partial charge in [-0.15, -0.1) is 0 Å². The molecule has 0 aliphatic rings. The molecule has 0 saturated heterocycles. The van der Waals surface area contributed by atoms with Crippen LogP contribution in [0.25, 0.3) is 0 Å². The second kappa shape index (κ2) is 13.1. The van der Waals surface area contributed by atoms with Crippen molar-refractivity contribution < 1.29 is 23.9 Å². The molecule has 1 heterocycles. The highest BCUT2D eigenvalue weighted by Gasteiger charge is 2.27. The molecule has 0 unspecified atom stereocenters. The molecule has 2 aromatic carbocycles. The van der Waals surface area contributed by atoms with Crippen molar-refractivity contribution in [3.05, 3.63) is 89.2 Å². The van der Waals surface area contributed by atoms with E-state index < -0.39 is 17.9 Å². The van der Waals surface area contributed by atoms with E-state index in [0.717, 1.165) is 11.1 Å². The molecule has 3 amide bonds. The van der Waals surface area contributed by atoms with E-state index in [1.165, 1.54) is 18.5 Å². The third-order valence-corrected chi connectivity index (χ3v) is 5.82. The second-order valence-electron chi connectivity index (χ2n) is 8.64. The van der Waals surface area contributed by atoms with Gasteiger partial charge in [0, 0.05) is 36.6 Å². The molecule has 3 rings (SSSR count). The summed E-state index contributed by atoms with van der Waals surface area (Å²) in [6.45, 7) is 4.12. The monoisotopic (exact) mass is 504 g/mol. The number of rotatable bonds is 11. The molecule has 0 saturated carbocycles. The van der Waals surface area contributed by atoms with Gasteiger partial charge in [0.1, 0.15) is 17.5 Å². The lowest BCUT2D eigenvalue weighted by Crippen LogP contribution is -2.49. The summed E-state index contributed by atoms with van der Waals surface area (Å²) in [5.74, 6) is -0.252. The fourth-order valence-corrected chi connectivity index (χ4v) is 3.79. The lowest BCUT2D eigenvalue weighted by Gasteiger charge is -2.22. The zero-order valence-corrected chi connectivity index (χ0v) is 21.4. The van der Waals surface area contributed by atoms with Gasteiger partial charge in [-0.05, 0) is 24.1 Å². The van der Waals surface area contributed by atoms with E-state index in [-0.39, 0.29) is 36.0 Å². The first-order valence-electron chi connectivity index (χ1n) is 11.9. The molecule has 0 fully saturated rings. The Labute approximate surface area is 216 Å². The lowest BCUT2D eigenvalue weighted by molar-refractivity contribution is -0.124. The number of methoxy groups -OCH3 is 2. The van der Waals surface area contributed by atoms with Gasteiger partial charge in [-0.25, -0.2) is 0 Å². The average Bonchev–Trinajstić information content (AvgIpc) is 2.93. The van der Waals surface area contributed by atoms with Gasteiger partial charge in [0.15, 0.2) is 0 Å². The van der Waals surface area contributed by atoms with Crippen LogP contribution in [-0.4, -0.2) is 43.0 Å². The molecule has 1 aromatic heterocycles. The third kappa shape index (κ3) is 7.07. The van der Waals surface area contributed by atoms with Crippen LogP contribution in [0.3, 0.4) is 0 Å². The van der Waals surface area contributed by atoms with Gasteiger partial charge >= 0.3 is 0 Å². The smallest absolute Gasteiger partial charge is 0.253 e. The number of nitrogens with one attached hydrogen (secondary N) is 3. The van der Waals surface area contributed by atoms with E-state index >= 15 is 0 Å². The van der Waals surface area contributed by atoms with Gasteiger partial charge < -0.3 is 25.4 Å². The van der Waals surface area contributed by atoms with E-state index in [2.05, 4.69) is 20.9 Å². The lowest BCUT2D eigenvalue weighted by atomic mass is 10.0. The molecule has 3 aromatic rings. The number of benzene rings is 2. The van der Waals surface area contributed by atoms with Gasteiger partial charge in [0.05, 0.1) is 25.3 Å². The Balaban J connectivity index is 1.70. The van der Waals surface area contributed by atoms with Crippen LogP contribution in [0.4, 0.5) is 0 Å². The van der Waals surface area contributed by atoms with Crippen LogP contribution in [0.1, 0.15) is 45.7 Å². The Bertz CT molecular complexity index is 1240. The molecule has 1 atom stereocenters. The molecule has 0 aliphatic carbocycles. The van der Waals surface area contributed by atoms with Gasteiger partial charge in [-0.3, -0.25) is 19.4 Å². The van der Waals surface area contributed by atoms with Gasteiger partial charge in [-0.2, -0.15) is 0 Å². The number of aromatic nitrogens is 1. The first-order valence-corrected chi connectivity index (χ1v) is 11.9. The summed E-state index contributed by atoms with van der Waals surface area (Å²) in [5, 5.41) is 8.44. The maximum absolute atomic E-state index is 13.2. The van der Waals surface area contributed by atoms with Crippen LogP contribution in [0, 0.1) is 5.92 Å². The number of pyridine rings is 1. The minimum absolute atomic E-state index is 0.104. The van der Waals surface area contributed by atoms with Crippen LogP contribution in [-0.2, 0) is 17.9 Å². The number of carbonyl (C=O) groups excluding carboxylic acids is 3. The molecular weight excluding hydrogens is 472 g/mol. The average molecular weight is 505 g/mol. The zero-order valence-electron chi connectivity index (χ0n) is 21.4. The van der Waals surface area contributed by atoms with Crippen molar-refractivity contribution in [1.29, 1.82) is 0 Å². The van der Waals surface area contributed by atoms with Crippen molar-refractivity contribution in [2.45, 2.75) is 33.0 Å². The molecule has 0 spiro atoms. The summed E-state index contributed by atoms with van der Waals surface area (Å²) >= 11 is 0. The number of hydrogen-bond donors (Lipinski definition) is 3. The van der Waals surface area contributed by atoms with E-state index in [1.54, 1.807) is 20.3 Å². The Kier molecular flexibility index (Phi) is 9.60. The Morgan fingerprint density at radius 2 is 1.35 bits per heavy atom. The largest absolute Gasteiger partial charge is 0.496 e. The minimum atomic E-state index is -0.820. The predicted molar refractivity (Wildman–Crippen MR) is 139 cm³/mol. The van der Waals surface area contributed by atoms with Gasteiger partial charge in [0.25, 0.3) is 11.8 Å². The summed E-state index contributed by atoms with van der Waals surface area (Å²) < 4.78 is 10.7. The van der Waals surface area contributed by atoms with Gasteiger partial charge in [-0.1, -0.05) is 50.2 Å². The van der Waals surface area contributed by atoms with Crippen molar-refractivity contribution in [2.75, 3.05) is 14.2 Å². The molecule has 0 aliphatic heterocycles. The van der Waals surface area contributed by atoms with Crippen LogP contribution < -0.4 is 25.4 Å². The molecule has 3 N–H and O–H groups in total. The Morgan fingerprint density at radius 3 is 1.92 bits per heavy atom. The molecule has 194 valence electrons. The summed E-state index contributed by atoms with van der Waals surface area (Å²) in [7, 11) is 3.12. The summed E-state index contributed by atoms with van der Waals surface area (Å²) in [6.07, 6.45) is 2.76. The summed E-state index contributed by atoms with van der Waals surface area (Å²) in [5.41, 5.74) is 1.83. The standard InChI is InChI=1S/C28H32N4O5/c1-18(2)25(28(35)31-16-20-10-6-8-12-24(20)37-4)32-27(34)21-13-14-29-17-22(21)26(33)30-15-19-9-5-7-11-23(19)36-3/h5-14,17-18,25H,15-16H2,1-4H3,(H,30,33)(H,31,35)(H,32,34)/t25-/m1/s1. The zero-order chi connectivity index (χ0) is 26.8. The van der Waals surface area contributed by atoms with Crippen molar-refractivity contribution in [3.63, 3.8) is 0 Å². The molecule has 37 heavy (non-hydrogen) atoms. The second-order valence-corrected chi connectivity index (χ2v) is 8.64. The van der Waals surface area contributed by atoms with Crippen molar-refractivity contribution in [2.24, 2.45) is 5.92 Å². The van der Waals surface area contributed by atoms with Gasteiger partial charge in [0.2, 0.25) is 5.91 Å². The van der Waals surface area contributed by atoms with E-state index in [4.69, 9.17) is 9.47 Å². The third-order valence-electron chi connectivity index (χ3n) is 5.82. The predicted octanol–water partition coefficient (Wildman–Crippen LogP) is 3.10. The number of nitrogens with zero attached hydrogens (tertiary/aromatic N) is 1. The quantitative estimate of drug-likeness (QED) is 0.369. The highest BCUT2D eigenvalue weighted by atomic mass is 16.5. The Hall–Kier alpha value is -4.40. The topological polar surface area (TPSA) is 119 Å². The van der Waals surface area contributed by atoms with Crippen LogP contribution in [0.5, 0.6) is 11.5 Å². The molecular formula is C28H32N4O5. The maximum Gasteiger partial charge on any atom is 0.253 e. The summed E-state index contributed by atoms with van der Waals surface area (Å²) in [6, 6.07) is 15.3. The van der Waals surface area contributed by atoms with Crippen molar-refractivity contribution >= 4 is 17.7 Å². The normalized spacial score (nSPS) is 11.4. The van der Waals surface area contributed by atoms with Crippen molar-refractivity contribution in [1.82, 2.24) is 20.9 Å². The number of carbonyl (C=O) groups is 3. The number of para-hydroxylation sites is 2. The molecule has 0 bridgehead atoms. The first-order chi connectivity index (χ1) is 17.8. The Morgan fingerprint density at radius 1 is 0.784 bits per heavy atom.